The molecular weight excluding hydrogens is 368 g/mol. The Morgan fingerprint density at radius 1 is 1.10 bits per heavy atom. The fraction of sp³-hybridized carbons (Fsp3) is 0.565. The molecule has 0 bridgehead atoms. The zero-order valence-electron chi connectivity index (χ0n) is 17.6. The highest BCUT2D eigenvalue weighted by molar-refractivity contribution is 5.83. The molecule has 2 saturated heterocycles. The van der Waals surface area contributed by atoms with Gasteiger partial charge in [-0.05, 0) is 77.2 Å². The first kappa shape index (κ1) is 20.0. The summed E-state index contributed by atoms with van der Waals surface area (Å²) >= 11 is 0. The topological polar surface area (TPSA) is 63.0 Å². The summed E-state index contributed by atoms with van der Waals surface area (Å²) in [6.45, 7) is 9.45. The largest absolute Gasteiger partial charge is 0.481 e. The number of benzene rings is 1. The van der Waals surface area contributed by atoms with Gasteiger partial charge in [0.2, 0.25) is 0 Å². The fourth-order valence-corrected chi connectivity index (χ4v) is 4.57. The van der Waals surface area contributed by atoms with Gasteiger partial charge in [0, 0.05) is 36.1 Å². The van der Waals surface area contributed by atoms with Gasteiger partial charge in [-0.2, -0.15) is 0 Å². The number of likely N-dealkylation sites (tertiary alicyclic amines) is 2. The minimum Gasteiger partial charge on any atom is -0.481 e. The molecule has 0 radical (unpaired) electrons. The molecule has 1 atom stereocenters. The monoisotopic (exact) mass is 398 g/mol. The number of aryl methyl sites for hydroxylation is 1. The smallest absolute Gasteiger partial charge is 0.339 e. The fourth-order valence-electron chi connectivity index (χ4n) is 4.57. The lowest BCUT2D eigenvalue weighted by Gasteiger charge is -2.37. The number of nitrogens with zero attached hydrogens (tertiary/aromatic N) is 2. The van der Waals surface area contributed by atoms with Crippen LogP contribution in [0.2, 0.25) is 0 Å². The van der Waals surface area contributed by atoms with Crippen molar-refractivity contribution < 1.29 is 13.9 Å². The average Bonchev–Trinajstić information content (AvgIpc) is 3.26. The Kier molecular flexibility index (Phi) is 5.63. The number of amides is 1. The third-order valence-corrected chi connectivity index (χ3v) is 6.52. The molecule has 2 fully saturated rings. The van der Waals surface area contributed by atoms with Gasteiger partial charge in [-0.3, -0.25) is 4.79 Å². The lowest BCUT2D eigenvalue weighted by atomic mass is 10.0. The quantitative estimate of drug-likeness (QED) is 0.740. The van der Waals surface area contributed by atoms with Crippen LogP contribution in [0.3, 0.4) is 0 Å². The summed E-state index contributed by atoms with van der Waals surface area (Å²) in [6, 6.07) is 6.03. The number of carbonyl (C=O) groups is 1. The van der Waals surface area contributed by atoms with Crippen molar-refractivity contribution >= 4 is 16.9 Å². The minimum absolute atomic E-state index is 0.0199. The molecule has 0 saturated carbocycles. The molecule has 0 spiro atoms. The molecule has 2 aliphatic rings. The second kappa shape index (κ2) is 8.19. The van der Waals surface area contributed by atoms with E-state index in [0.29, 0.717) is 22.9 Å². The van der Waals surface area contributed by atoms with E-state index in [9.17, 15) is 9.59 Å². The van der Waals surface area contributed by atoms with Crippen LogP contribution in [0, 0.1) is 13.8 Å². The third-order valence-electron chi connectivity index (χ3n) is 6.52. The maximum Gasteiger partial charge on any atom is 0.339 e. The molecule has 156 valence electrons. The average molecular weight is 399 g/mol. The molecule has 0 N–H and O–H groups in total. The third kappa shape index (κ3) is 4.04. The number of piperidine rings is 1. The first-order valence-corrected chi connectivity index (χ1v) is 10.7. The molecule has 1 aromatic heterocycles. The van der Waals surface area contributed by atoms with Gasteiger partial charge in [0.1, 0.15) is 11.3 Å². The van der Waals surface area contributed by atoms with E-state index in [4.69, 9.17) is 9.15 Å². The summed E-state index contributed by atoms with van der Waals surface area (Å²) in [7, 11) is 0. The molecule has 3 heterocycles. The highest BCUT2D eigenvalue weighted by Crippen LogP contribution is 2.25. The summed E-state index contributed by atoms with van der Waals surface area (Å²) in [5.41, 5.74) is 1.68. The number of hydrogen-bond acceptors (Lipinski definition) is 5. The Hall–Kier alpha value is -2.34. The van der Waals surface area contributed by atoms with E-state index >= 15 is 0 Å². The highest BCUT2D eigenvalue weighted by Gasteiger charge is 2.30. The van der Waals surface area contributed by atoms with Crippen molar-refractivity contribution in [3.8, 4) is 5.75 Å². The molecule has 1 unspecified atom stereocenters. The van der Waals surface area contributed by atoms with Crippen LogP contribution in [0.25, 0.3) is 11.0 Å². The van der Waals surface area contributed by atoms with Crippen LogP contribution in [0.5, 0.6) is 5.75 Å². The Morgan fingerprint density at radius 2 is 1.79 bits per heavy atom. The van der Waals surface area contributed by atoms with Crippen LogP contribution in [-0.2, 0) is 4.79 Å². The van der Waals surface area contributed by atoms with Crippen LogP contribution < -0.4 is 10.4 Å². The Labute approximate surface area is 171 Å². The predicted molar refractivity (Wildman–Crippen MR) is 112 cm³/mol. The van der Waals surface area contributed by atoms with Crippen molar-refractivity contribution in [1.82, 2.24) is 9.80 Å². The van der Waals surface area contributed by atoms with Gasteiger partial charge in [-0.1, -0.05) is 0 Å². The summed E-state index contributed by atoms with van der Waals surface area (Å²) in [5.74, 6) is 0.559. The maximum absolute atomic E-state index is 12.9. The van der Waals surface area contributed by atoms with E-state index < -0.39 is 6.10 Å². The molecule has 1 aromatic carbocycles. The van der Waals surface area contributed by atoms with Crippen molar-refractivity contribution in [2.75, 3.05) is 26.2 Å². The van der Waals surface area contributed by atoms with E-state index in [1.165, 1.54) is 25.9 Å². The number of ether oxygens (including phenoxy) is 1. The molecule has 1 amide bonds. The first-order chi connectivity index (χ1) is 13.9. The van der Waals surface area contributed by atoms with E-state index in [2.05, 4.69) is 4.90 Å². The van der Waals surface area contributed by atoms with Crippen molar-refractivity contribution in [1.29, 1.82) is 0 Å². The predicted octanol–water partition coefficient (Wildman–Crippen LogP) is 3.26. The molecule has 6 nitrogen and oxygen atoms in total. The normalized spacial score (nSPS) is 19.6. The van der Waals surface area contributed by atoms with Crippen LogP contribution in [-0.4, -0.2) is 54.0 Å². The van der Waals surface area contributed by atoms with Gasteiger partial charge >= 0.3 is 5.63 Å². The van der Waals surface area contributed by atoms with Gasteiger partial charge in [-0.25, -0.2) is 4.79 Å². The van der Waals surface area contributed by atoms with Crippen LogP contribution >= 0.6 is 0 Å². The molecule has 29 heavy (non-hydrogen) atoms. The van der Waals surface area contributed by atoms with Gasteiger partial charge < -0.3 is 19.0 Å². The number of rotatable bonds is 4. The van der Waals surface area contributed by atoms with Gasteiger partial charge in [-0.15, -0.1) is 0 Å². The second-order valence-electron chi connectivity index (χ2n) is 8.36. The molecule has 4 rings (SSSR count). The molecule has 6 heteroatoms. The molecule has 0 aliphatic carbocycles. The van der Waals surface area contributed by atoms with Gasteiger partial charge in [0.15, 0.2) is 6.10 Å². The van der Waals surface area contributed by atoms with Crippen LogP contribution in [0.1, 0.15) is 43.7 Å². The second-order valence-corrected chi connectivity index (χ2v) is 8.36. The van der Waals surface area contributed by atoms with Crippen molar-refractivity contribution in [2.45, 2.75) is 58.6 Å². The highest BCUT2D eigenvalue weighted by atomic mass is 16.5. The van der Waals surface area contributed by atoms with Crippen molar-refractivity contribution in [3.05, 3.63) is 39.7 Å². The zero-order valence-corrected chi connectivity index (χ0v) is 17.6. The molecule has 2 aliphatic heterocycles. The lowest BCUT2D eigenvalue weighted by molar-refractivity contribution is -0.139. The Balaban J connectivity index is 1.40. The minimum atomic E-state index is -0.575. The van der Waals surface area contributed by atoms with Gasteiger partial charge in [0.05, 0.1) is 0 Å². The van der Waals surface area contributed by atoms with E-state index in [-0.39, 0.29) is 11.5 Å². The summed E-state index contributed by atoms with van der Waals surface area (Å²) in [4.78, 5) is 29.3. The first-order valence-electron chi connectivity index (χ1n) is 10.7. The zero-order chi connectivity index (χ0) is 20.5. The Bertz CT molecular complexity index is 953. The lowest BCUT2D eigenvalue weighted by Crippen LogP contribution is -2.49. The number of hydrogen-bond donors (Lipinski definition) is 0. The Morgan fingerprint density at radius 3 is 2.48 bits per heavy atom. The van der Waals surface area contributed by atoms with E-state index in [0.717, 1.165) is 36.9 Å². The molecular formula is C23H30N2O4. The standard InChI is InChI=1S/C23H30N2O4/c1-15-16(2)23(27)29-21-14-19(6-7-20(15)21)28-17(3)22(26)25-12-8-18(9-13-25)24-10-4-5-11-24/h6-7,14,17-18H,4-5,8-13H2,1-3H3. The van der Waals surface area contributed by atoms with Crippen LogP contribution in [0.4, 0.5) is 0 Å². The van der Waals surface area contributed by atoms with Crippen LogP contribution in [0.15, 0.2) is 27.4 Å². The summed E-state index contributed by atoms with van der Waals surface area (Å²) < 4.78 is 11.3. The number of fused-ring (bicyclic) bond motifs is 1. The molecule has 2 aromatic rings. The summed E-state index contributed by atoms with van der Waals surface area (Å²) in [6.07, 6.45) is 4.11. The number of carbonyl (C=O) groups excluding carboxylic acids is 1. The maximum atomic E-state index is 12.9. The van der Waals surface area contributed by atoms with Gasteiger partial charge in [0.25, 0.3) is 5.91 Å². The van der Waals surface area contributed by atoms with Crippen molar-refractivity contribution in [3.63, 3.8) is 0 Å². The van der Waals surface area contributed by atoms with E-state index in [1.807, 2.05) is 24.0 Å². The van der Waals surface area contributed by atoms with Crippen molar-refractivity contribution in [2.24, 2.45) is 0 Å². The summed E-state index contributed by atoms with van der Waals surface area (Å²) in [5, 5.41) is 0.886. The SMILES string of the molecule is Cc1c(C)c2ccc(OC(C)C(=O)N3CCC(N4CCCC4)CC3)cc2oc1=O. The van der Waals surface area contributed by atoms with E-state index in [1.54, 1.807) is 19.9 Å².